The van der Waals surface area contributed by atoms with E-state index in [1.165, 1.54) is 0 Å². The number of hydrogen-bond donors (Lipinski definition) is 1. The van der Waals surface area contributed by atoms with Crippen molar-refractivity contribution in [3.05, 3.63) is 24.0 Å². The predicted octanol–water partition coefficient (Wildman–Crippen LogP) is 0.617. The normalized spacial score (nSPS) is 11.1. The average Bonchev–Trinajstić information content (AvgIpc) is 2.14. The van der Waals surface area contributed by atoms with Crippen molar-refractivity contribution in [2.75, 3.05) is 6.61 Å². The molecule has 5 nitrogen and oxygen atoms in total. The third-order valence-electron chi connectivity index (χ3n) is 1.54. The zero-order chi connectivity index (χ0) is 12.3. The molecule has 0 radical (unpaired) electrons. The van der Waals surface area contributed by atoms with Gasteiger partial charge in [0.2, 0.25) is 0 Å². The van der Waals surface area contributed by atoms with Crippen LogP contribution in [0.3, 0.4) is 0 Å². The van der Waals surface area contributed by atoms with Crippen LogP contribution in [0.25, 0.3) is 0 Å². The molecule has 8 heteroatoms. The molecule has 1 rings (SSSR count). The molecule has 0 fully saturated rings. The minimum Gasteiger partial charge on any atom is -0.482 e. The second kappa shape index (κ2) is 4.67. The maximum absolute atomic E-state index is 12.8. The highest BCUT2D eigenvalue weighted by Gasteiger charge is 2.18. The van der Waals surface area contributed by atoms with Crippen molar-refractivity contribution < 1.29 is 22.3 Å². The number of halogens is 2. The van der Waals surface area contributed by atoms with Crippen LogP contribution in [0, 0.1) is 5.82 Å². The Morgan fingerprint density at radius 3 is 2.62 bits per heavy atom. The lowest BCUT2D eigenvalue weighted by atomic mass is 10.3. The number of carbonyl (C=O) groups excluding carboxylic acids is 1. The van der Waals surface area contributed by atoms with Gasteiger partial charge in [0, 0.05) is 10.7 Å². The Kier molecular flexibility index (Phi) is 3.71. The van der Waals surface area contributed by atoms with Crippen molar-refractivity contribution in [1.29, 1.82) is 0 Å². The first-order valence-electron chi connectivity index (χ1n) is 3.96. The van der Waals surface area contributed by atoms with Crippen LogP contribution in [0.5, 0.6) is 5.75 Å². The average molecular weight is 268 g/mol. The van der Waals surface area contributed by atoms with Crippen molar-refractivity contribution in [3.63, 3.8) is 0 Å². The highest BCUT2D eigenvalue weighted by molar-refractivity contribution is 8.13. The molecule has 0 spiro atoms. The molecule has 1 aromatic carbocycles. The maximum Gasteiger partial charge on any atom is 0.265 e. The summed E-state index contributed by atoms with van der Waals surface area (Å²) in [6.45, 7) is -0.523. The molecule has 16 heavy (non-hydrogen) atoms. The summed E-state index contributed by atoms with van der Waals surface area (Å²) in [5.74, 6) is -1.80. The van der Waals surface area contributed by atoms with Crippen LogP contribution >= 0.6 is 10.7 Å². The molecule has 0 aliphatic carbocycles. The molecule has 1 amide bonds. The first-order chi connectivity index (χ1) is 7.30. The molecule has 0 heterocycles. The van der Waals surface area contributed by atoms with Gasteiger partial charge in [0.25, 0.3) is 15.0 Å². The summed E-state index contributed by atoms with van der Waals surface area (Å²) in [6, 6.07) is 2.72. The van der Waals surface area contributed by atoms with Crippen LogP contribution in [-0.2, 0) is 13.8 Å². The van der Waals surface area contributed by atoms with Crippen molar-refractivity contribution in [1.82, 2.24) is 0 Å². The van der Waals surface area contributed by atoms with E-state index in [9.17, 15) is 17.6 Å². The third-order valence-corrected chi connectivity index (χ3v) is 2.88. The largest absolute Gasteiger partial charge is 0.482 e. The first-order valence-corrected chi connectivity index (χ1v) is 6.27. The van der Waals surface area contributed by atoms with Gasteiger partial charge in [0.1, 0.15) is 16.5 Å². The van der Waals surface area contributed by atoms with Crippen LogP contribution < -0.4 is 10.5 Å². The van der Waals surface area contributed by atoms with E-state index in [0.717, 1.165) is 12.1 Å². The first kappa shape index (κ1) is 12.7. The van der Waals surface area contributed by atoms with E-state index in [0.29, 0.717) is 6.07 Å². The predicted molar refractivity (Wildman–Crippen MR) is 54.1 cm³/mol. The van der Waals surface area contributed by atoms with Gasteiger partial charge < -0.3 is 10.5 Å². The Balaban J connectivity index is 3.13. The Morgan fingerprint density at radius 2 is 2.12 bits per heavy atom. The van der Waals surface area contributed by atoms with Crippen molar-refractivity contribution >= 4 is 25.6 Å². The second-order valence-corrected chi connectivity index (χ2v) is 5.32. The van der Waals surface area contributed by atoms with Gasteiger partial charge in [-0.15, -0.1) is 0 Å². The molecule has 0 aliphatic heterocycles. The second-order valence-electron chi connectivity index (χ2n) is 2.78. The van der Waals surface area contributed by atoms with E-state index in [1.807, 2.05) is 0 Å². The van der Waals surface area contributed by atoms with E-state index < -0.39 is 32.3 Å². The van der Waals surface area contributed by atoms with E-state index >= 15 is 0 Å². The number of hydrogen-bond acceptors (Lipinski definition) is 4. The fourth-order valence-corrected chi connectivity index (χ4v) is 1.92. The summed E-state index contributed by atoms with van der Waals surface area (Å²) in [6.07, 6.45) is 0. The zero-order valence-electron chi connectivity index (χ0n) is 7.81. The van der Waals surface area contributed by atoms with Gasteiger partial charge in [-0.3, -0.25) is 4.79 Å². The molecule has 0 bridgehead atoms. The zero-order valence-corrected chi connectivity index (χ0v) is 9.39. The smallest absolute Gasteiger partial charge is 0.265 e. The Bertz CT molecular complexity index is 517. The molecule has 0 aliphatic rings. The standard InChI is InChI=1S/C8H7ClFNO4S/c9-16(13,14)7-3-5(10)1-2-6(7)15-4-8(11)12/h1-3H,4H2,(H2,11,12). The molecule has 0 saturated heterocycles. The van der Waals surface area contributed by atoms with Gasteiger partial charge in [-0.25, -0.2) is 12.8 Å². The quantitative estimate of drug-likeness (QED) is 0.810. The minimum atomic E-state index is -4.15. The molecule has 1 aromatic rings. The number of nitrogens with two attached hydrogens (primary N) is 1. The third kappa shape index (κ3) is 3.35. The topological polar surface area (TPSA) is 86.5 Å². The van der Waals surface area contributed by atoms with E-state index in [2.05, 4.69) is 0 Å². The number of primary amides is 1. The van der Waals surface area contributed by atoms with Gasteiger partial charge in [-0.2, -0.15) is 0 Å². The number of benzene rings is 1. The van der Waals surface area contributed by atoms with Gasteiger partial charge in [0.15, 0.2) is 6.61 Å². The minimum absolute atomic E-state index is 0.227. The molecule has 0 atom stereocenters. The van der Waals surface area contributed by atoms with Crippen LogP contribution in [-0.4, -0.2) is 20.9 Å². The van der Waals surface area contributed by atoms with Crippen LogP contribution in [0.4, 0.5) is 4.39 Å². The Morgan fingerprint density at radius 1 is 1.50 bits per heavy atom. The van der Waals surface area contributed by atoms with Gasteiger partial charge >= 0.3 is 0 Å². The lowest BCUT2D eigenvalue weighted by molar-refractivity contribution is -0.120. The SMILES string of the molecule is NC(=O)COc1ccc(F)cc1S(=O)(=O)Cl. The van der Waals surface area contributed by atoms with Crippen LogP contribution in [0.15, 0.2) is 23.1 Å². The molecule has 0 aromatic heterocycles. The summed E-state index contributed by atoms with van der Waals surface area (Å²) in [5, 5.41) is 0. The van der Waals surface area contributed by atoms with Crippen LogP contribution in [0.1, 0.15) is 0 Å². The van der Waals surface area contributed by atoms with E-state index in [1.54, 1.807) is 0 Å². The highest BCUT2D eigenvalue weighted by atomic mass is 35.7. The Hall–Kier alpha value is -1.34. The lowest BCUT2D eigenvalue weighted by Crippen LogP contribution is -2.20. The summed E-state index contributed by atoms with van der Waals surface area (Å²) in [4.78, 5) is 9.90. The molecular weight excluding hydrogens is 261 g/mol. The van der Waals surface area contributed by atoms with E-state index in [-0.39, 0.29) is 5.75 Å². The number of rotatable bonds is 4. The van der Waals surface area contributed by atoms with Gasteiger partial charge in [0.05, 0.1) is 0 Å². The van der Waals surface area contributed by atoms with Crippen molar-refractivity contribution in [2.45, 2.75) is 4.90 Å². The summed E-state index contributed by atoms with van der Waals surface area (Å²) in [7, 11) is 0.912. The van der Waals surface area contributed by atoms with Gasteiger partial charge in [-0.05, 0) is 18.2 Å². The Labute approximate surface area is 95.4 Å². The molecular formula is C8H7ClFNO4S. The van der Waals surface area contributed by atoms with E-state index in [4.69, 9.17) is 21.2 Å². The molecule has 2 N–H and O–H groups in total. The fourth-order valence-electron chi connectivity index (χ4n) is 0.941. The molecule has 0 saturated carbocycles. The summed E-state index contributed by atoms with van der Waals surface area (Å²) < 4.78 is 39.7. The maximum atomic E-state index is 12.8. The highest BCUT2D eigenvalue weighted by Crippen LogP contribution is 2.27. The number of amides is 1. The lowest BCUT2D eigenvalue weighted by Gasteiger charge is -2.07. The number of ether oxygens (including phenoxy) is 1. The number of carbonyl (C=O) groups is 1. The monoisotopic (exact) mass is 267 g/mol. The molecule has 88 valence electrons. The summed E-state index contributed by atoms with van der Waals surface area (Å²) >= 11 is 0. The van der Waals surface area contributed by atoms with Crippen molar-refractivity contribution in [2.24, 2.45) is 5.73 Å². The van der Waals surface area contributed by atoms with Gasteiger partial charge in [-0.1, -0.05) is 0 Å². The van der Waals surface area contributed by atoms with Crippen molar-refractivity contribution in [3.8, 4) is 5.75 Å². The molecule has 0 unspecified atom stereocenters. The fraction of sp³-hybridized carbons (Fsp3) is 0.125. The van der Waals surface area contributed by atoms with Crippen LogP contribution in [0.2, 0.25) is 0 Å². The summed E-state index contributed by atoms with van der Waals surface area (Å²) in [5.41, 5.74) is 4.81.